The quantitative estimate of drug-likeness (QED) is 0.491. The maximum Gasteiger partial charge on any atom is 0.311 e. The molecule has 0 saturated carbocycles. The Labute approximate surface area is 140 Å². The number of alkyl halides is 1. The van der Waals surface area contributed by atoms with Crippen LogP contribution in [0.4, 0.5) is 0 Å². The summed E-state index contributed by atoms with van der Waals surface area (Å²) < 4.78 is 2.23. The van der Waals surface area contributed by atoms with Gasteiger partial charge in [-0.1, -0.05) is 53.9 Å². The molecule has 1 atom stereocenters. The van der Waals surface area contributed by atoms with E-state index in [4.69, 9.17) is 0 Å². The Kier molecular flexibility index (Phi) is 6.49. The summed E-state index contributed by atoms with van der Waals surface area (Å²) in [6, 6.07) is 8.14. The van der Waals surface area contributed by atoms with Crippen molar-refractivity contribution in [3.8, 4) is 0 Å². The number of hydrogen-bond acceptors (Lipinski definition) is 1. The summed E-state index contributed by atoms with van der Waals surface area (Å²) in [5, 5.41) is 11.6. The van der Waals surface area contributed by atoms with Gasteiger partial charge in [-0.2, -0.15) is 0 Å². The van der Waals surface area contributed by atoms with E-state index in [-0.39, 0.29) is 0 Å². The first-order chi connectivity index (χ1) is 10.7. The van der Waals surface area contributed by atoms with E-state index < -0.39 is 11.9 Å². The number of carboxylic acid groups (broad SMARTS) is 1. The van der Waals surface area contributed by atoms with Gasteiger partial charge in [-0.05, 0) is 30.9 Å². The van der Waals surface area contributed by atoms with Gasteiger partial charge in [-0.3, -0.25) is 4.79 Å². The molecule has 0 radical (unpaired) electrons. The molecule has 3 nitrogen and oxygen atoms in total. The number of carboxylic acids is 1. The average Bonchev–Trinajstić information content (AvgIpc) is 2.87. The Morgan fingerprint density at radius 3 is 2.64 bits per heavy atom. The Bertz CT molecular complexity index is 621. The van der Waals surface area contributed by atoms with Crippen molar-refractivity contribution in [3.63, 3.8) is 0 Å². The highest BCUT2D eigenvalue weighted by atomic mass is 79.9. The van der Waals surface area contributed by atoms with Crippen LogP contribution >= 0.6 is 15.9 Å². The first-order valence-electron chi connectivity index (χ1n) is 8.05. The monoisotopic (exact) mass is 365 g/mol. The van der Waals surface area contributed by atoms with Crippen molar-refractivity contribution < 1.29 is 9.90 Å². The van der Waals surface area contributed by atoms with E-state index in [9.17, 15) is 9.90 Å². The third-order valence-electron chi connectivity index (χ3n) is 4.18. The minimum absolute atomic E-state index is 0.417. The summed E-state index contributed by atoms with van der Waals surface area (Å²) in [5.41, 5.74) is 2.10. The Morgan fingerprint density at radius 1 is 1.23 bits per heavy atom. The molecule has 0 aliphatic rings. The fourth-order valence-corrected chi connectivity index (χ4v) is 3.39. The number of hydrogen-bond donors (Lipinski definition) is 1. The second kappa shape index (κ2) is 8.37. The summed E-state index contributed by atoms with van der Waals surface area (Å²) in [5.74, 6) is -1.15. The number of halogens is 1. The van der Waals surface area contributed by atoms with Crippen LogP contribution in [0.15, 0.2) is 30.5 Å². The van der Waals surface area contributed by atoms with E-state index in [2.05, 4.69) is 32.8 Å². The third kappa shape index (κ3) is 3.92. The zero-order valence-electron chi connectivity index (χ0n) is 13.1. The van der Waals surface area contributed by atoms with Crippen molar-refractivity contribution in [1.82, 2.24) is 4.57 Å². The number of aromatic nitrogens is 1. The third-order valence-corrected chi connectivity index (χ3v) is 4.74. The van der Waals surface area contributed by atoms with Gasteiger partial charge in [0.2, 0.25) is 0 Å². The molecule has 0 amide bonds. The van der Waals surface area contributed by atoms with Gasteiger partial charge in [0.05, 0.1) is 5.92 Å². The van der Waals surface area contributed by atoms with E-state index in [1.54, 1.807) is 0 Å². The average molecular weight is 366 g/mol. The van der Waals surface area contributed by atoms with Crippen molar-refractivity contribution in [2.45, 2.75) is 51.5 Å². The largest absolute Gasteiger partial charge is 0.481 e. The van der Waals surface area contributed by atoms with E-state index in [0.29, 0.717) is 6.42 Å². The number of unbranched alkanes of at least 4 members (excludes halogenated alkanes) is 3. The predicted molar refractivity (Wildman–Crippen MR) is 94.9 cm³/mol. The molecule has 0 aliphatic carbocycles. The highest BCUT2D eigenvalue weighted by molar-refractivity contribution is 9.09. The zero-order chi connectivity index (χ0) is 15.9. The molecule has 0 aliphatic heterocycles. The fourth-order valence-electron chi connectivity index (χ4n) is 3.00. The van der Waals surface area contributed by atoms with Gasteiger partial charge in [-0.25, -0.2) is 0 Å². The van der Waals surface area contributed by atoms with E-state index in [0.717, 1.165) is 34.8 Å². The van der Waals surface area contributed by atoms with E-state index in [1.165, 1.54) is 19.3 Å². The number of rotatable bonds is 9. The van der Waals surface area contributed by atoms with Crippen LogP contribution in [0.2, 0.25) is 0 Å². The van der Waals surface area contributed by atoms with Crippen LogP contribution in [0.1, 0.15) is 50.5 Å². The molecule has 0 saturated heterocycles. The number of fused-ring (bicyclic) bond motifs is 1. The molecule has 2 aromatic rings. The number of nitrogens with zero attached hydrogens (tertiary/aromatic N) is 1. The molecule has 0 spiro atoms. The van der Waals surface area contributed by atoms with Gasteiger partial charge in [0.1, 0.15) is 0 Å². The topological polar surface area (TPSA) is 42.2 Å². The highest BCUT2D eigenvalue weighted by Gasteiger charge is 2.22. The van der Waals surface area contributed by atoms with Crippen molar-refractivity contribution in [2.75, 3.05) is 5.33 Å². The summed E-state index contributed by atoms with van der Waals surface area (Å²) in [7, 11) is 0. The molecule has 1 N–H and O–H groups in total. The molecule has 1 aromatic heterocycles. The summed E-state index contributed by atoms with van der Waals surface area (Å²) in [4.78, 5) is 11.5. The standard InChI is InChI=1S/C18H24BrNO2/c1-2-14(18(21)22)16-13-20(12-8-4-3-7-11-19)17-10-6-5-9-15(16)17/h5-6,9-10,13-14H,2-4,7-8,11-12H2,1H3,(H,21,22). The maximum atomic E-state index is 11.5. The second-order valence-electron chi connectivity index (χ2n) is 5.70. The molecule has 1 aromatic carbocycles. The molecule has 0 fully saturated rings. The Balaban J connectivity index is 2.22. The van der Waals surface area contributed by atoms with E-state index in [1.807, 2.05) is 25.1 Å². The van der Waals surface area contributed by atoms with Crippen molar-refractivity contribution in [2.24, 2.45) is 0 Å². The van der Waals surface area contributed by atoms with Crippen LogP contribution in [0.5, 0.6) is 0 Å². The van der Waals surface area contributed by atoms with Gasteiger partial charge in [0, 0.05) is 29.0 Å². The van der Waals surface area contributed by atoms with Crippen molar-refractivity contribution >= 4 is 32.8 Å². The zero-order valence-corrected chi connectivity index (χ0v) is 14.7. The minimum Gasteiger partial charge on any atom is -0.481 e. The van der Waals surface area contributed by atoms with Crippen LogP contribution in [0.3, 0.4) is 0 Å². The number of para-hydroxylation sites is 1. The fraction of sp³-hybridized carbons (Fsp3) is 0.500. The molecule has 120 valence electrons. The minimum atomic E-state index is -0.734. The maximum absolute atomic E-state index is 11.5. The molecule has 1 heterocycles. The smallest absolute Gasteiger partial charge is 0.311 e. The molecular formula is C18H24BrNO2. The first kappa shape index (κ1) is 17.1. The lowest BCUT2D eigenvalue weighted by molar-refractivity contribution is -0.138. The van der Waals surface area contributed by atoms with Crippen molar-refractivity contribution in [1.29, 1.82) is 0 Å². The SMILES string of the molecule is CCC(C(=O)O)c1cn(CCCCCCBr)c2ccccc12. The van der Waals surface area contributed by atoms with E-state index >= 15 is 0 Å². The summed E-state index contributed by atoms with van der Waals surface area (Å²) >= 11 is 3.46. The highest BCUT2D eigenvalue weighted by Crippen LogP contribution is 2.30. The number of aryl methyl sites for hydroxylation is 1. The van der Waals surface area contributed by atoms with Gasteiger partial charge < -0.3 is 9.67 Å². The van der Waals surface area contributed by atoms with Crippen LogP contribution in [0.25, 0.3) is 10.9 Å². The summed E-state index contributed by atoms with van der Waals surface area (Å²) in [6.07, 6.45) is 7.48. The number of aliphatic carboxylic acids is 1. The van der Waals surface area contributed by atoms with Gasteiger partial charge in [-0.15, -0.1) is 0 Å². The van der Waals surface area contributed by atoms with Crippen LogP contribution in [-0.2, 0) is 11.3 Å². The normalized spacial score (nSPS) is 12.6. The molecule has 1 unspecified atom stereocenters. The summed E-state index contributed by atoms with van der Waals surface area (Å²) in [6.45, 7) is 2.89. The Morgan fingerprint density at radius 2 is 1.95 bits per heavy atom. The Hall–Kier alpha value is -1.29. The molecule has 4 heteroatoms. The lowest BCUT2D eigenvalue weighted by atomic mass is 9.96. The van der Waals surface area contributed by atoms with Crippen LogP contribution in [0, 0.1) is 0 Å². The molecular weight excluding hydrogens is 342 g/mol. The number of carbonyl (C=O) groups is 1. The lowest BCUT2D eigenvalue weighted by Crippen LogP contribution is -2.10. The van der Waals surface area contributed by atoms with Crippen LogP contribution < -0.4 is 0 Å². The lowest BCUT2D eigenvalue weighted by Gasteiger charge is -2.08. The second-order valence-corrected chi connectivity index (χ2v) is 6.49. The first-order valence-corrected chi connectivity index (χ1v) is 9.17. The van der Waals surface area contributed by atoms with Crippen molar-refractivity contribution in [3.05, 3.63) is 36.0 Å². The molecule has 22 heavy (non-hydrogen) atoms. The van der Waals surface area contributed by atoms with Gasteiger partial charge in [0.25, 0.3) is 0 Å². The molecule has 0 bridgehead atoms. The van der Waals surface area contributed by atoms with Gasteiger partial charge >= 0.3 is 5.97 Å². The van der Waals surface area contributed by atoms with Crippen LogP contribution in [-0.4, -0.2) is 21.0 Å². The molecule has 2 rings (SSSR count). The predicted octanol–water partition coefficient (Wildman–Crippen LogP) is 5.17. The van der Waals surface area contributed by atoms with Gasteiger partial charge in [0.15, 0.2) is 0 Å². The number of benzene rings is 1.